The number of fused-ring (bicyclic) bond motifs is 2. The molecule has 6 nitrogen and oxygen atoms in total. The van der Waals surface area contributed by atoms with Crippen LogP contribution < -0.4 is 5.32 Å². The average Bonchev–Trinajstić information content (AvgIpc) is 3.43. The number of H-pyrrole nitrogens is 2. The molecule has 3 N–H and O–H groups in total. The van der Waals surface area contributed by atoms with E-state index in [4.69, 9.17) is 4.98 Å². The second kappa shape index (κ2) is 7.14. The summed E-state index contributed by atoms with van der Waals surface area (Å²) in [6.07, 6.45) is 4.95. The Hall–Kier alpha value is -3.84. The van der Waals surface area contributed by atoms with Gasteiger partial charge in [0.1, 0.15) is 17.0 Å². The van der Waals surface area contributed by atoms with Crippen LogP contribution in [0.3, 0.4) is 0 Å². The van der Waals surface area contributed by atoms with Gasteiger partial charge >= 0.3 is 0 Å². The summed E-state index contributed by atoms with van der Waals surface area (Å²) in [5.41, 5.74) is 7.11. The molecule has 31 heavy (non-hydrogen) atoms. The van der Waals surface area contributed by atoms with E-state index in [9.17, 15) is 4.39 Å². The summed E-state index contributed by atoms with van der Waals surface area (Å²) in [7, 11) is 0. The molecule has 0 atom stereocenters. The Morgan fingerprint density at radius 2 is 1.90 bits per heavy atom. The first kappa shape index (κ1) is 18.0. The quantitative estimate of drug-likeness (QED) is 0.403. The van der Waals surface area contributed by atoms with Crippen molar-refractivity contribution in [3.05, 3.63) is 72.2 Å². The third-order valence-electron chi connectivity index (χ3n) is 5.72. The zero-order valence-electron chi connectivity index (χ0n) is 16.6. The van der Waals surface area contributed by atoms with Crippen LogP contribution in [0.15, 0.2) is 60.8 Å². The summed E-state index contributed by atoms with van der Waals surface area (Å²) in [4.78, 5) is 12.6. The molecule has 1 aliphatic heterocycles. The van der Waals surface area contributed by atoms with Crippen molar-refractivity contribution in [2.75, 3.05) is 13.1 Å². The number of imidazole rings is 1. The number of nitrogens with zero attached hydrogens (tertiary/aromatic N) is 3. The van der Waals surface area contributed by atoms with E-state index in [0.717, 1.165) is 41.6 Å². The highest BCUT2D eigenvalue weighted by atomic mass is 19.1. The highest BCUT2D eigenvalue weighted by Crippen LogP contribution is 2.32. The fourth-order valence-corrected chi connectivity index (χ4v) is 4.17. The number of hydrogen-bond acceptors (Lipinski definition) is 4. The Labute approximate surface area is 177 Å². The summed E-state index contributed by atoms with van der Waals surface area (Å²) < 4.78 is 13.8. The van der Waals surface area contributed by atoms with Gasteiger partial charge in [0.05, 0.1) is 16.7 Å². The Balaban J connectivity index is 1.49. The SMILES string of the molecule is Fc1cccc(-c2nccc3[nH]c(-c4n[nH]c5ccc(C6=CCNCC6)cc45)nc23)c1. The molecule has 0 bridgehead atoms. The minimum Gasteiger partial charge on any atom is -0.336 e. The van der Waals surface area contributed by atoms with Gasteiger partial charge in [0.25, 0.3) is 0 Å². The van der Waals surface area contributed by atoms with E-state index in [1.807, 2.05) is 12.1 Å². The molecular weight excluding hydrogens is 391 g/mol. The smallest absolute Gasteiger partial charge is 0.159 e. The van der Waals surface area contributed by atoms with Crippen molar-refractivity contribution in [3.8, 4) is 22.8 Å². The van der Waals surface area contributed by atoms with E-state index in [-0.39, 0.29) is 5.82 Å². The van der Waals surface area contributed by atoms with Gasteiger partial charge < -0.3 is 10.3 Å². The van der Waals surface area contributed by atoms with E-state index in [1.54, 1.807) is 12.3 Å². The minimum absolute atomic E-state index is 0.301. The Morgan fingerprint density at radius 1 is 0.935 bits per heavy atom. The second-order valence-electron chi connectivity index (χ2n) is 7.67. The van der Waals surface area contributed by atoms with Crippen LogP contribution in [0.1, 0.15) is 12.0 Å². The molecule has 0 amide bonds. The predicted molar refractivity (Wildman–Crippen MR) is 120 cm³/mol. The van der Waals surface area contributed by atoms with Gasteiger partial charge in [-0.05, 0) is 54.4 Å². The molecule has 0 aliphatic carbocycles. The Bertz CT molecular complexity index is 1460. The van der Waals surface area contributed by atoms with Gasteiger partial charge in [-0.3, -0.25) is 10.1 Å². The van der Waals surface area contributed by atoms with Gasteiger partial charge in [0, 0.05) is 23.7 Å². The summed E-state index contributed by atoms with van der Waals surface area (Å²) in [6, 6.07) is 14.6. The third-order valence-corrected chi connectivity index (χ3v) is 5.72. The maximum Gasteiger partial charge on any atom is 0.159 e. The lowest BCUT2D eigenvalue weighted by Gasteiger charge is -2.14. The van der Waals surface area contributed by atoms with Crippen LogP contribution in [0.4, 0.5) is 4.39 Å². The lowest BCUT2D eigenvalue weighted by Crippen LogP contribution is -2.19. The minimum atomic E-state index is -0.301. The zero-order valence-corrected chi connectivity index (χ0v) is 16.6. The molecule has 3 aromatic heterocycles. The fraction of sp³-hybridized carbons (Fsp3) is 0.125. The molecule has 6 rings (SSSR count). The maximum absolute atomic E-state index is 13.8. The zero-order chi connectivity index (χ0) is 20.8. The maximum atomic E-state index is 13.8. The number of pyridine rings is 1. The van der Waals surface area contributed by atoms with Crippen molar-refractivity contribution in [3.63, 3.8) is 0 Å². The molecule has 2 aromatic carbocycles. The number of halogens is 1. The monoisotopic (exact) mass is 410 g/mol. The third kappa shape index (κ3) is 3.10. The van der Waals surface area contributed by atoms with Crippen molar-refractivity contribution in [2.45, 2.75) is 6.42 Å². The normalized spacial score (nSPS) is 14.3. The molecule has 5 aromatic rings. The van der Waals surface area contributed by atoms with Gasteiger partial charge in [-0.2, -0.15) is 5.10 Å². The number of nitrogens with one attached hydrogen (secondary N) is 3. The van der Waals surface area contributed by atoms with E-state index >= 15 is 0 Å². The second-order valence-corrected chi connectivity index (χ2v) is 7.67. The molecule has 0 fully saturated rings. The summed E-state index contributed by atoms with van der Waals surface area (Å²) >= 11 is 0. The molecule has 0 unspecified atom stereocenters. The van der Waals surface area contributed by atoms with Crippen molar-refractivity contribution >= 4 is 27.5 Å². The number of hydrogen-bond donors (Lipinski definition) is 3. The van der Waals surface area contributed by atoms with Gasteiger partial charge in [-0.15, -0.1) is 0 Å². The molecular formula is C24H19FN6. The van der Waals surface area contributed by atoms with Crippen LogP contribution in [0.2, 0.25) is 0 Å². The number of rotatable bonds is 3. The lowest BCUT2D eigenvalue weighted by molar-refractivity contribution is 0.628. The van der Waals surface area contributed by atoms with Crippen molar-refractivity contribution in [1.82, 2.24) is 30.5 Å². The molecule has 1 aliphatic rings. The van der Waals surface area contributed by atoms with E-state index in [0.29, 0.717) is 22.6 Å². The predicted octanol–water partition coefficient (Wildman–Crippen LogP) is 4.68. The van der Waals surface area contributed by atoms with E-state index in [2.05, 4.69) is 49.8 Å². The largest absolute Gasteiger partial charge is 0.336 e. The molecule has 152 valence electrons. The van der Waals surface area contributed by atoms with E-state index in [1.165, 1.54) is 23.3 Å². The van der Waals surface area contributed by atoms with Gasteiger partial charge in [-0.1, -0.05) is 24.3 Å². The first-order chi connectivity index (χ1) is 15.3. The molecule has 0 saturated carbocycles. The molecule has 4 heterocycles. The van der Waals surface area contributed by atoms with Gasteiger partial charge in [0.15, 0.2) is 5.82 Å². The highest BCUT2D eigenvalue weighted by molar-refractivity contribution is 5.97. The molecule has 0 spiro atoms. The van der Waals surface area contributed by atoms with Gasteiger partial charge in [-0.25, -0.2) is 9.37 Å². The average molecular weight is 410 g/mol. The molecule has 0 saturated heterocycles. The van der Waals surface area contributed by atoms with Crippen LogP contribution >= 0.6 is 0 Å². The Morgan fingerprint density at radius 3 is 2.77 bits per heavy atom. The van der Waals surface area contributed by atoms with Crippen LogP contribution in [0.5, 0.6) is 0 Å². The molecule has 7 heteroatoms. The van der Waals surface area contributed by atoms with Crippen LogP contribution in [0.25, 0.3) is 50.3 Å². The van der Waals surface area contributed by atoms with Gasteiger partial charge in [0.2, 0.25) is 0 Å². The topological polar surface area (TPSA) is 82.3 Å². The number of aromatic nitrogens is 5. The molecule has 0 radical (unpaired) electrons. The summed E-state index contributed by atoms with van der Waals surface area (Å²) in [5, 5.41) is 12.0. The van der Waals surface area contributed by atoms with Crippen molar-refractivity contribution in [2.24, 2.45) is 0 Å². The van der Waals surface area contributed by atoms with E-state index < -0.39 is 0 Å². The lowest BCUT2D eigenvalue weighted by atomic mass is 9.98. The van der Waals surface area contributed by atoms with Crippen LogP contribution in [-0.2, 0) is 0 Å². The number of aromatic amines is 2. The first-order valence-corrected chi connectivity index (χ1v) is 10.3. The standard InChI is InChI=1S/C24H19FN6/c25-17-3-1-2-16(12-17)21-23-20(8-11-27-21)28-24(29-23)22-18-13-15(4-5-19(18)30-31-22)14-6-9-26-10-7-14/h1-6,8,11-13,26H,7,9-10H2,(H,28,29)(H,30,31). The summed E-state index contributed by atoms with van der Waals surface area (Å²) in [5.74, 6) is 0.355. The van der Waals surface area contributed by atoms with Crippen molar-refractivity contribution < 1.29 is 4.39 Å². The number of benzene rings is 2. The van der Waals surface area contributed by atoms with Crippen molar-refractivity contribution in [1.29, 1.82) is 0 Å². The summed E-state index contributed by atoms with van der Waals surface area (Å²) in [6.45, 7) is 1.88. The van der Waals surface area contributed by atoms with Crippen LogP contribution in [-0.4, -0.2) is 38.2 Å². The van der Waals surface area contributed by atoms with Crippen LogP contribution in [0, 0.1) is 5.82 Å². The fourth-order valence-electron chi connectivity index (χ4n) is 4.17. The first-order valence-electron chi connectivity index (χ1n) is 10.3. The highest BCUT2D eigenvalue weighted by Gasteiger charge is 2.17. The Kier molecular flexibility index (Phi) is 4.14.